The van der Waals surface area contributed by atoms with Gasteiger partial charge in [-0.15, -0.1) is 5.10 Å². The number of anilines is 1. The third kappa shape index (κ3) is 4.81. The summed E-state index contributed by atoms with van der Waals surface area (Å²) >= 11 is 0. The van der Waals surface area contributed by atoms with Crippen LogP contribution in [0.5, 0.6) is 0 Å². The third-order valence-electron chi connectivity index (χ3n) is 6.01. The van der Waals surface area contributed by atoms with Gasteiger partial charge in [0.25, 0.3) is 5.91 Å². The van der Waals surface area contributed by atoms with Crippen LogP contribution in [0.4, 0.5) is 5.82 Å². The zero-order chi connectivity index (χ0) is 26.5. The number of amides is 1. The minimum absolute atomic E-state index is 0.103. The fourth-order valence-electron chi connectivity index (χ4n) is 4.31. The van der Waals surface area contributed by atoms with Gasteiger partial charge in [0.1, 0.15) is 5.56 Å². The molecule has 186 valence electrons. The van der Waals surface area contributed by atoms with E-state index in [1.165, 1.54) is 26.7 Å². The van der Waals surface area contributed by atoms with Gasteiger partial charge in [-0.3, -0.25) is 9.78 Å². The normalized spacial score (nSPS) is 10.4. The van der Waals surface area contributed by atoms with E-state index in [-0.39, 0.29) is 11.4 Å². The van der Waals surface area contributed by atoms with Crippen LogP contribution in [-0.2, 0) is 6.42 Å². The van der Waals surface area contributed by atoms with Gasteiger partial charge in [-0.25, -0.2) is 9.50 Å². The van der Waals surface area contributed by atoms with Crippen molar-refractivity contribution in [1.82, 2.24) is 24.6 Å². The van der Waals surface area contributed by atoms with Crippen molar-refractivity contribution in [3.8, 4) is 23.0 Å². The van der Waals surface area contributed by atoms with Crippen molar-refractivity contribution in [1.29, 1.82) is 0 Å². The highest BCUT2D eigenvalue weighted by Gasteiger charge is 2.16. The molecule has 4 heterocycles. The van der Waals surface area contributed by atoms with E-state index < -0.39 is 5.91 Å². The van der Waals surface area contributed by atoms with E-state index in [1.807, 2.05) is 18.2 Å². The first kappa shape index (κ1) is 24.3. The van der Waals surface area contributed by atoms with Crippen LogP contribution in [0.25, 0.3) is 27.7 Å². The lowest BCUT2D eigenvalue weighted by Crippen LogP contribution is -2.12. The molecule has 0 bridgehead atoms. The molecule has 1 amide bonds. The largest absolute Gasteiger partial charge is 0.381 e. The molecular weight excluding hydrogens is 474 g/mol. The number of primary amides is 1. The number of carbonyl (C=O) groups is 1. The number of nitrogen functional groups attached to an aromatic ring is 1. The molecule has 0 aliphatic carbocycles. The molecule has 6 aromatic rings. The number of nitrogens with zero attached hydrogens (tertiary/aromatic N) is 4. The molecule has 0 unspecified atom stereocenters. The Balaban J connectivity index is 0.000000190. The summed E-state index contributed by atoms with van der Waals surface area (Å²) in [6.07, 6.45) is 7.68. The van der Waals surface area contributed by atoms with Crippen LogP contribution in [-0.4, -0.2) is 30.5 Å². The van der Waals surface area contributed by atoms with E-state index >= 15 is 0 Å². The zero-order valence-electron chi connectivity index (χ0n) is 20.7. The first-order valence-electron chi connectivity index (χ1n) is 12.1. The van der Waals surface area contributed by atoms with E-state index in [1.54, 1.807) is 30.9 Å². The van der Waals surface area contributed by atoms with Crippen molar-refractivity contribution in [2.24, 2.45) is 5.73 Å². The molecule has 0 aliphatic heterocycles. The molecule has 0 spiro atoms. The standard InChI is InChI=1S/C23H18N2.C7H7N5O/c1-2-20-22(18-7-4-3-5-8-18)23-19(9-6-10-21(23)25-20)12-11-17-13-15-24-16-14-17;8-5-4(6(9)13)7-10-2-1-3-12(7)11-5/h3-10,13-16,25H,2H2,1H3;1-3H,(H2,8,11)(H2,9,13). The second kappa shape index (κ2) is 10.7. The Morgan fingerprint density at radius 1 is 0.974 bits per heavy atom. The summed E-state index contributed by atoms with van der Waals surface area (Å²) in [5.74, 6) is 6.09. The Labute approximate surface area is 219 Å². The molecule has 0 fully saturated rings. The number of carbonyl (C=O) groups excluding carboxylic acids is 1. The summed E-state index contributed by atoms with van der Waals surface area (Å²) in [7, 11) is 0. The van der Waals surface area contributed by atoms with Gasteiger partial charge in [-0.2, -0.15) is 0 Å². The number of hydrogen-bond acceptors (Lipinski definition) is 5. The van der Waals surface area contributed by atoms with Crippen molar-refractivity contribution in [2.75, 3.05) is 5.73 Å². The minimum atomic E-state index is -0.619. The number of rotatable bonds is 3. The lowest BCUT2D eigenvalue weighted by Gasteiger charge is -2.04. The van der Waals surface area contributed by atoms with Crippen LogP contribution < -0.4 is 11.5 Å². The minimum Gasteiger partial charge on any atom is -0.381 e. The molecular formula is C30H25N7O. The zero-order valence-corrected chi connectivity index (χ0v) is 20.7. The second-order valence-corrected chi connectivity index (χ2v) is 8.42. The molecule has 8 nitrogen and oxygen atoms in total. The Bertz CT molecular complexity index is 1790. The van der Waals surface area contributed by atoms with Gasteiger partial charge < -0.3 is 16.5 Å². The van der Waals surface area contributed by atoms with Gasteiger partial charge in [0.15, 0.2) is 11.5 Å². The highest BCUT2D eigenvalue weighted by molar-refractivity contribution is 6.03. The number of aromatic nitrogens is 5. The summed E-state index contributed by atoms with van der Waals surface area (Å²) in [4.78, 5) is 22.5. The van der Waals surface area contributed by atoms with Crippen molar-refractivity contribution < 1.29 is 4.79 Å². The maximum absolute atomic E-state index is 10.9. The first-order valence-corrected chi connectivity index (χ1v) is 12.1. The van der Waals surface area contributed by atoms with Crippen LogP contribution in [0.3, 0.4) is 0 Å². The molecule has 0 radical (unpaired) electrons. The number of nitrogens with one attached hydrogen (secondary N) is 1. The molecule has 2 aromatic carbocycles. The SMILES string of the molecule is CCc1[nH]c2cccc(C#Cc3ccncc3)c2c1-c1ccccc1.NC(=O)c1c(N)nn2cccnc12. The number of benzene rings is 2. The summed E-state index contributed by atoms with van der Waals surface area (Å²) < 4.78 is 1.41. The van der Waals surface area contributed by atoms with Crippen molar-refractivity contribution in [3.05, 3.63) is 114 Å². The molecule has 0 atom stereocenters. The van der Waals surface area contributed by atoms with E-state index in [0.717, 1.165) is 23.1 Å². The number of pyridine rings is 1. The Hall–Kier alpha value is -5.42. The Morgan fingerprint density at radius 3 is 2.50 bits per heavy atom. The number of H-pyrrole nitrogens is 1. The predicted octanol–water partition coefficient (Wildman–Crippen LogP) is 4.60. The first-order chi connectivity index (χ1) is 18.6. The second-order valence-electron chi connectivity index (χ2n) is 8.42. The smallest absolute Gasteiger partial charge is 0.256 e. The summed E-state index contributed by atoms with van der Waals surface area (Å²) in [6.45, 7) is 2.18. The summed E-state index contributed by atoms with van der Waals surface area (Å²) in [5.41, 5.74) is 18.0. The lowest BCUT2D eigenvalue weighted by atomic mass is 9.97. The van der Waals surface area contributed by atoms with Crippen molar-refractivity contribution in [3.63, 3.8) is 0 Å². The molecule has 0 aliphatic rings. The lowest BCUT2D eigenvalue weighted by molar-refractivity contribution is 0.100. The van der Waals surface area contributed by atoms with E-state index in [0.29, 0.717) is 5.65 Å². The van der Waals surface area contributed by atoms with Gasteiger partial charge in [0, 0.05) is 58.1 Å². The fourth-order valence-corrected chi connectivity index (χ4v) is 4.31. The molecule has 4 aromatic heterocycles. The number of hydrogen-bond donors (Lipinski definition) is 3. The van der Waals surface area contributed by atoms with Crippen molar-refractivity contribution >= 4 is 28.3 Å². The quantitative estimate of drug-likeness (QED) is 0.307. The maximum Gasteiger partial charge on any atom is 0.256 e. The predicted molar refractivity (Wildman–Crippen MR) is 149 cm³/mol. The average molecular weight is 500 g/mol. The number of aromatic amines is 1. The average Bonchev–Trinajstić information content (AvgIpc) is 3.50. The van der Waals surface area contributed by atoms with Gasteiger partial charge in [-0.1, -0.05) is 55.2 Å². The van der Waals surface area contributed by atoms with E-state index in [9.17, 15) is 4.79 Å². The Morgan fingerprint density at radius 2 is 1.76 bits per heavy atom. The van der Waals surface area contributed by atoms with Crippen LogP contribution in [0, 0.1) is 11.8 Å². The molecule has 8 heteroatoms. The van der Waals surface area contributed by atoms with Gasteiger partial charge >= 0.3 is 0 Å². The number of aryl methyl sites for hydroxylation is 1. The number of fused-ring (bicyclic) bond motifs is 2. The molecule has 6 rings (SSSR count). The monoisotopic (exact) mass is 499 g/mol. The highest BCUT2D eigenvalue weighted by atomic mass is 16.1. The van der Waals surface area contributed by atoms with Crippen molar-refractivity contribution in [2.45, 2.75) is 13.3 Å². The van der Waals surface area contributed by atoms with Gasteiger partial charge in [0.05, 0.1) is 0 Å². The van der Waals surface area contributed by atoms with Gasteiger partial charge in [-0.05, 0) is 42.3 Å². The molecule has 38 heavy (non-hydrogen) atoms. The fraction of sp³-hybridized carbons (Fsp3) is 0.0667. The summed E-state index contributed by atoms with van der Waals surface area (Å²) in [6, 6.07) is 22.4. The van der Waals surface area contributed by atoms with Crippen LogP contribution >= 0.6 is 0 Å². The van der Waals surface area contributed by atoms with E-state index in [2.05, 4.69) is 81.3 Å². The van der Waals surface area contributed by atoms with Gasteiger partial charge in [0.2, 0.25) is 0 Å². The van der Waals surface area contributed by atoms with E-state index in [4.69, 9.17) is 11.5 Å². The molecule has 0 saturated heterocycles. The Kier molecular flexibility index (Phi) is 6.83. The molecule has 0 saturated carbocycles. The topological polar surface area (TPSA) is 128 Å². The highest BCUT2D eigenvalue weighted by Crippen LogP contribution is 2.34. The number of nitrogens with two attached hydrogens (primary N) is 2. The van der Waals surface area contributed by atoms with Crippen LogP contribution in [0.2, 0.25) is 0 Å². The molecule has 5 N–H and O–H groups in total. The maximum atomic E-state index is 10.9. The summed E-state index contributed by atoms with van der Waals surface area (Å²) in [5, 5.41) is 5.07. The third-order valence-corrected chi connectivity index (χ3v) is 6.01. The van der Waals surface area contributed by atoms with Crippen LogP contribution in [0.1, 0.15) is 34.1 Å². The van der Waals surface area contributed by atoms with Crippen LogP contribution in [0.15, 0.2) is 91.5 Å².